The van der Waals surface area contributed by atoms with Gasteiger partial charge in [0.05, 0.1) is 5.56 Å². The predicted octanol–water partition coefficient (Wildman–Crippen LogP) is 4.21. The highest BCUT2D eigenvalue weighted by molar-refractivity contribution is 14.1. The molecule has 0 aliphatic rings. The molecule has 2 rings (SSSR count). The molecule has 2 N–H and O–H groups in total. The van der Waals surface area contributed by atoms with Gasteiger partial charge in [-0.1, -0.05) is 11.6 Å². The van der Waals surface area contributed by atoms with Crippen LogP contribution in [0, 0.1) is 10.5 Å². The van der Waals surface area contributed by atoms with E-state index >= 15 is 0 Å². The fourth-order valence-electron chi connectivity index (χ4n) is 1.70. The summed E-state index contributed by atoms with van der Waals surface area (Å²) in [5.41, 5.74) is 1.80. The lowest BCUT2D eigenvalue weighted by molar-refractivity contribution is 0.102. The molecule has 0 aromatic heterocycles. The third-order valence-electron chi connectivity index (χ3n) is 2.50. The second-order valence-corrected chi connectivity index (χ2v) is 5.81. The first kappa shape index (κ1) is 14.1. The van der Waals surface area contributed by atoms with Crippen molar-refractivity contribution in [3.8, 4) is 5.75 Å². The summed E-state index contributed by atoms with van der Waals surface area (Å²) in [5, 5.41) is 13.0. The fraction of sp³-hybridized carbons (Fsp3) is 0.0714. The molecule has 0 radical (unpaired) electrons. The highest BCUT2D eigenvalue weighted by Crippen LogP contribution is 2.23. The van der Waals surface area contributed by atoms with Crippen molar-refractivity contribution in [3.05, 3.63) is 56.1 Å². The largest absolute Gasteiger partial charge is 0.507 e. The summed E-state index contributed by atoms with van der Waals surface area (Å²) in [7, 11) is 0. The van der Waals surface area contributed by atoms with E-state index in [0.29, 0.717) is 10.7 Å². The molecule has 2 aromatic rings. The molecular weight excluding hydrogens is 377 g/mol. The fourth-order valence-corrected chi connectivity index (χ4v) is 2.48. The van der Waals surface area contributed by atoms with E-state index in [2.05, 4.69) is 27.9 Å². The molecule has 2 aromatic carbocycles. The van der Waals surface area contributed by atoms with Crippen LogP contribution in [0.2, 0.25) is 5.02 Å². The van der Waals surface area contributed by atoms with E-state index in [4.69, 9.17) is 11.6 Å². The number of aromatic hydroxyl groups is 1. The van der Waals surface area contributed by atoms with Crippen molar-refractivity contribution in [1.82, 2.24) is 0 Å². The lowest BCUT2D eigenvalue weighted by Gasteiger charge is -2.08. The Morgan fingerprint density at radius 3 is 2.68 bits per heavy atom. The van der Waals surface area contributed by atoms with Crippen molar-refractivity contribution >= 4 is 45.8 Å². The van der Waals surface area contributed by atoms with E-state index in [0.717, 1.165) is 9.13 Å². The molecule has 5 heteroatoms. The molecule has 98 valence electrons. The van der Waals surface area contributed by atoms with Crippen LogP contribution in [0.25, 0.3) is 0 Å². The van der Waals surface area contributed by atoms with Crippen LogP contribution < -0.4 is 5.32 Å². The number of carbonyl (C=O) groups is 1. The third-order valence-corrected chi connectivity index (χ3v) is 3.39. The van der Waals surface area contributed by atoms with Crippen molar-refractivity contribution in [3.63, 3.8) is 0 Å². The van der Waals surface area contributed by atoms with Gasteiger partial charge in [0.25, 0.3) is 5.91 Å². The van der Waals surface area contributed by atoms with Gasteiger partial charge < -0.3 is 10.4 Å². The van der Waals surface area contributed by atoms with Gasteiger partial charge in [0.2, 0.25) is 0 Å². The first-order chi connectivity index (χ1) is 8.95. The lowest BCUT2D eigenvalue weighted by atomic mass is 10.1. The van der Waals surface area contributed by atoms with Gasteiger partial charge in [-0.3, -0.25) is 4.79 Å². The Labute approximate surface area is 129 Å². The van der Waals surface area contributed by atoms with E-state index < -0.39 is 0 Å². The van der Waals surface area contributed by atoms with E-state index in [9.17, 15) is 9.90 Å². The Morgan fingerprint density at radius 2 is 2.00 bits per heavy atom. The van der Waals surface area contributed by atoms with Gasteiger partial charge in [0.1, 0.15) is 5.75 Å². The normalized spacial score (nSPS) is 10.3. The topological polar surface area (TPSA) is 49.3 Å². The summed E-state index contributed by atoms with van der Waals surface area (Å²) in [4.78, 5) is 12.1. The van der Waals surface area contributed by atoms with Crippen molar-refractivity contribution in [2.24, 2.45) is 0 Å². The van der Waals surface area contributed by atoms with Crippen molar-refractivity contribution in [2.45, 2.75) is 6.92 Å². The van der Waals surface area contributed by atoms with Crippen LogP contribution in [0.5, 0.6) is 5.75 Å². The average molecular weight is 388 g/mol. The van der Waals surface area contributed by atoms with Crippen LogP contribution in [0.4, 0.5) is 5.69 Å². The summed E-state index contributed by atoms with van der Waals surface area (Å²) in [6, 6.07) is 10.1. The Morgan fingerprint density at radius 1 is 1.26 bits per heavy atom. The van der Waals surface area contributed by atoms with Crippen molar-refractivity contribution < 1.29 is 9.90 Å². The number of rotatable bonds is 2. The summed E-state index contributed by atoms with van der Waals surface area (Å²) < 4.78 is 0.878. The van der Waals surface area contributed by atoms with Crippen LogP contribution >= 0.6 is 34.2 Å². The van der Waals surface area contributed by atoms with Crippen LogP contribution in [-0.2, 0) is 0 Å². The van der Waals surface area contributed by atoms with Crippen molar-refractivity contribution in [2.75, 3.05) is 5.32 Å². The summed E-state index contributed by atoms with van der Waals surface area (Å²) >= 11 is 8.02. The van der Waals surface area contributed by atoms with Gasteiger partial charge in [-0.25, -0.2) is 0 Å². The number of amides is 1. The van der Waals surface area contributed by atoms with Crippen molar-refractivity contribution in [1.29, 1.82) is 0 Å². The number of aryl methyl sites for hydroxylation is 1. The molecule has 0 saturated heterocycles. The molecular formula is C14H11ClINO2. The number of nitrogens with one attached hydrogen (secondary N) is 1. The standard InChI is InChI=1S/C14H11ClINO2/c1-8-4-9(15)6-11(5-8)17-14(19)12-7-10(16)2-3-13(12)18/h2-7,18H,1H3,(H,17,19). The number of carbonyl (C=O) groups excluding carboxylic acids is 1. The predicted molar refractivity (Wildman–Crippen MR) is 85.0 cm³/mol. The number of halogens is 2. The SMILES string of the molecule is Cc1cc(Cl)cc(NC(=O)c2cc(I)ccc2O)c1. The number of benzene rings is 2. The Hall–Kier alpha value is -1.27. The maximum atomic E-state index is 12.1. The Balaban J connectivity index is 2.28. The summed E-state index contributed by atoms with van der Waals surface area (Å²) in [5.74, 6) is -0.408. The van der Waals surface area contributed by atoms with Gasteiger partial charge >= 0.3 is 0 Å². The molecule has 0 atom stereocenters. The molecule has 0 aliphatic carbocycles. The number of hydrogen-bond acceptors (Lipinski definition) is 2. The number of hydrogen-bond donors (Lipinski definition) is 2. The molecule has 0 heterocycles. The zero-order valence-corrected chi connectivity index (χ0v) is 13.0. The van der Waals surface area contributed by atoms with Gasteiger partial charge in [-0.05, 0) is 71.5 Å². The molecule has 0 fully saturated rings. The van der Waals surface area contributed by atoms with Gasteiger partial charge in [-0.2, -0.15) is 0 Å². The lowest BCUT2D eigenvalue weighted by Crippen LogP contribution is -2.12. The third kappa shape index (κ3) is 3.61. The smallest absolute Gasteiger partial charge is 0.259 e. The number of phenolic OH excluding ortho intramolecular Hbond substituents is 1. The second-order valence-electron chi connectivity index (χ2n) is 4.13. The van der Waals surface area contributed by atoms with Crippen LogP contribution in [0.15, 0.2) is 36.4 Å². The monoisotopic (exact) mass is 387 g/mol. The Bertz CT molecular complexity index is 623. The number of phenols is 1. The van der Waals surface area contributed by atoms with Gasteiger partial charge in [0.15, 0.2) is 0 Å². The molecule has 0 saturated carbocycles. The Kier molecular flexibility index (Phi) is 4.31. The maximum absolute atomic E-state index is 12.1. The van der Waals surface area contributed by atoms with E-state index in [1.54, 1.807) is 24.3 Å². The minimum atomic E-state index is -0.363. The van der Waals surface area contributed by atoms with Crippen LogP contribution in [0.3, 0.4) is 0 Å². The zero-order chi connectivity index (χ0) is 14.0. The molecule has 0 aliphatic heterocycles. The van der Waals surface area contributed by atoms with Gasteiger partial charge in [0, 0.05) is 14.3 Å². The molecule has 3 nitrogen and oxygen atoms in total. The highest BCUT2D eigenvalue weighted by Gasteiger charge is 2.12. The van der Waals surface area contributed by atoms with Gasteiger partial charge in [-0.15, -0.1) is 0 Å². The molecule has 19 heavy (non-hydrogen) atoms. The minimum absolute atomic E-state index is 0.0448. The minimum Gasteiger partial charge on any atom is -0.507 e. The molecule has 0 unspecified atom stereocenters. The molecule has 0 spiro atoms. The van der Waals surface area contributed by atoms with E-state index in [-0.39, 0.29) is 17.2 Å². The first-order valence-electron chi connectivity index (χ1n) is 5.53. The highest BCUT2D eigenvalue weighted by atomic mass is 127. The quantitative estimate of drug-likeness (QED) is 0.758. The second kappa shape index (κ2) is 5.79. The average Bonchev–Trinajstić information content (AvgIpc) is 2.30. The van der Waals surface area contributed by atoms with Crippen LogP contribution in [-0.4, -0.2) is 11.0 Å². The van der Waals surface area contributed by atoms with E-state index in [1.165, 1.54) is 6.07 Å². The van der Waals surface area contributed by atoms with Crippen LogP contribution in [0.1, 0.15) is 15.9 Å². The number of anilines is 1. The summed E-state index contributed by atoms with van der Waals surface area (Å²) in [6.07, 6.45) is 0. The summed E-state index contributed by atoms with van der Waals surface area (Å²) in [6.45, 7) is 1.89. The van der Waals surface area contributed by atoms with E-state index in [1.807, 2.05) is 13.0 Å². The first-order valence-corrected chi connectivity index (χ1v) is 6.98. The molecule has 1 amide bonds. The molecule has 0 bridgehead atoms. The zero-order valence-electron chi connectivity index (χ0n) is 10.1. The maximum Gasteiger partial charge on any atom is 0.259 e.